The first-order chi connectivity index (χ1) is 16.1. The summed E-state index contributed by atoms with van der Waals surface area (Å²) in [6.07, 6.45) is 4.43. The van der Waals surface area contributed by atoms with E-state index in [1.165, 1.54) is 0 Å². The second kappa shape index (κ2) is 8.74. The standard InChI is InChI=1S/C27H25N5O/c1-18-6-3-11-24-25(18)31-26(30-24)21-9-4-7-19(14-21)20-8-5-10-22(15-20)27(33)28-13-12-23-16-32(2)17-29-23/h3-11,14-17H,12-13H2,1-2H3,(H,28,33)(H,30,31). The van der Waals surface area contributed by atoms with Crippen LogP contribution in [0.5, 0.6) is 0 Å². The van der Waals surface area contributed by atoms with Gasteiger partial charge in [0.2, 0.25) is 0 Å². The molecule has 0 saturated heterocycles. The number of carbonyl (C=O) groups excluding carboxylic acids is 1. The second-order valence-electron chi connectivity index (χ2n) is 8.25. The van der Waals surface area contributed by atoms with Crippen molar-refractivity contribution in [3.8, 4) is 22.5 Å². The summed E-state index contributed by atoms with van der Waals surface area (Å²) in [7, 11) is 1.94. The van der Waals surface area contributed by atoms with Gasteiger partial charge in [0.15, 0.2) is 0 Å². The summed E-state index contributed by atoms with van der Waals surface area (Å²) in [5.74, 6) is 0.751. The van der Waals surface area contributed by atoms with Crippen molar-refractivity contribution in [2.75, 3.05) is 6.54 Å². The molecule has 0 atom stereocenters. The number of aryl methyl sites for hydroxylation is 2. The Morgan fingerprint density at radius 2 is 1.76 bits per heavy atom. The smallest absolute Gasteiger partial charge is 0.251 e. The molecule has 3 aromatic carbocycles. The van der Waals surface area contributed by atoms with E-state index in [-0.39, 0.29) is 5.91 Å². The van der Waals surface area contributed by atoms with Crippen molar-refractivity contribution >= 4 is 16.9 Å². The largest absolute Gasteiger partial charge is 0.352 e. The van der Waals surface area contributed by atoms with E-state index in [4.69, 9.17) is 4.98 Å². The van der Waals surface area contributed by atoms with Crippen LogP contribution >= 0.6 is 0 Å². The summed E-state index contributed by atoms with van der Waals surface area (Å²) in [5, 5.41) is 2.99. The van der Waals surface area contributed by atoms with Gasteiger partial charge in [-0.15, -0.1) is 0 Å². The number of hydrogen-bond donors (Lipinski definition) is 2. The summed E-state index contributed by atoms with van der Waals surface area (Å²) in [4.78, 5) is 25.2. The molecular formula is C27H25N5O. The van der Waals surface area contributed by atoms with Crippen LogP contribution in [0, 0.1) is 6.92 Å². The van der Waals surface area contributed by atoms with Crippen LogP contribution < -0.4 is 5.32 Å². The fourth-order valence-corrected chi connectivity index (χ4v) is 4.00. The van der Waals surface area contributed by atoms with Crippen molar-refractivity contribution in [3.05, 3.63) is 96.1 Å². The molecule has 0 fully saturated rings. The Hall–Kier alpha value is -4.19. The number of nitrogens with zero attached hydrogens (tertiary/aromatic N) is 3. The van der Waals surface area contributed by atoms with E-state index in [2.05, 4.69) is 40.4 Å². The molecule has 5 rings (SSSR count). The van der Waals surface area contributed by atoms with Crippen molar-refractivity contribution in [2.24, 2.45) is 7.05 Å². The lowest BCUT2D eigenvalue weighted by Gasteiger charge is -2.08. The van der Waals surface area contributed by atoms with Gasteiger partial charge < -0.3 is 14.9 Å². The van der Waals surface area contributed by atoms with Gasteiger partial charge in [0.1, 0.15) is 5.82 Å². The van der Waals surface area contributed by atoms with Gasteiger partial charge in [-0.05, 0) is 47.9 Å². The third kappa shape index (κ3) is 4.41. The normalized spacial score (nSPS) is 11.1. The van der Waals surface area contributed by atoms with E-state index >= 15 is 0 Å². The van der Waals surface area contributed by atoms with Gasteiger partial charge in [-0.2, -0.15) is 0 Å². The summed E-state index contributed by atoms with van der Waals surface area (Å²) >= 11 is 0. The molecule has 0 aliphatic carbocycles. The third-order valence-corrected chi connectivity index (χ3v) is 5.73. The zero-order valence-electron chi connectivity index (χ0n) is 18.7. The zero-order chi connectivity index (χ0) is 22.8. The summed E-state index contributed by atoms with van der Waals surface area (Å²) < 4.78 is 1.90. The summed E-state index contributed by atoms with van der Waals surface area (Å²) in [5.41, 5.74) is 7.79. The number of aromatic nitrogens is 4. The lowest BCUT2D eigenvalue weighted by atomic mass is 10.0. The third-order valence-electron chi connectivity index (χ3n) is 5.73. The lowest BCUT2D eigenvalue weighted by molar-refractivity contribution is 0.0954. The van der Waals surface area contributed by atoms with Crippen molar-refractivity contribution in [1.82, 2.24) is 24.8 Å². The van der Waals surface area contributed by atoms with Crippen LogP contribution in [-0.4, -0.2) is 32.0 Å². The van der Waals surface area contributed by atoms with Crippen molar-refractivity contribution in [1.29, 1.82) is 0 Å². The molecule has 6 nitrogen and oxygen atoms in total. The minimum absolute atomic E-state index is 0.0864. The predicted octanol–water partition coefficient (Wildman–Crippen LogP) is 4.91. The van der Waals surface area contributed by atoms with E-state index in [0.29, 0.717) is 18.5 Å². The number of amides is 1. The maximum atomic E-state index is 12.7. The fourth-order valence-electron chi connectivity index (χ4n) is 4.00. The van der Waals surface area contributed by atoms with Crippen molar-refractivity contribution < 1.29 is 4.79 Å². The highest BCUT2D eigenvalue weighted by atomic mass is 16.1. The van der Waals surface area contributed by atoms with Gasteiger partial charge in [-0.3, -0.25) is 4.79 Å². The molecule has 0 spiro atoms. The Kier molecular flexibility index (Phi) is 5.48. The number of H-pyrrole nitrogens is 1. The predicted molar refractivity (Wildman–Crippen MR) is 131 cm³/mol. The van der Waals surface area contributed by atoms with E-state index in [1.54, 1.807) is 6.33 Å². The molecule has 0 aliphatic heterocycles. The van der Waals surface area contributed by atoms with Crippen LogP contribution in [0.15, 0.2) is 79.3 Å². The molecule has 6 heteroatoms. The van der Waals surface area contributed by atoms with Crippen LogP contribution in [0.4, 0.5) is 0 Å². The van der Waals surface area contributed by atoms with Crippen LogP contribution in [0.1, 0.15) is 21.6 Å². The summed E-state index contributed by atoms with van der Waals surface area (Å²) in [6.45, 7) is 2.61. The Bertz CT molecular complexity index is 1450. The molecule has 2 N–H and O–H groups in total. The zero-order valence-corrected chi connectivity index (χ0v) is 18.7. The highest BCUT2D eigenvalue weighted by Gasteiger charge is 2.10. The first-order valence-corrected chi connectivity index (χ1v) is 11.0. The van der Waals surface area contributed by atoms with Crippen LogP contribution in [0.3, 0.4) is 0 Å². The Morgan fingerprint density at radius 3 is 2.55 bits per heavy atom. The Labute approximate surface area is 192 Å². The van der Waals surface area contributed by atoms with Crippen molar-refractivity contribution in [2.45, 2.75) is 13.3 Å². The van der Waals surface area contributed by atoms with Crippen LogP contribution in [0.25, 0.3) is 33.5 Å². The average molecular weight is 436 g/mol. The first kappa shape index (κ1) is 20.7. The second-order valence-corrected chi connectivity index (χ2v) is 8.25. The van der Waals surface area contributed by atoms with E-state index < -0.39 is 0 Å². The number of benzene rings is 3. The molecule has 33 heavy (non-hydrogen) atoms. The molecule has 2 aromatic heterocycles. The van der Waals surface area contributed by atoms with Gasteiger partial charge in [-0.25, -0.2) is 9.97 Å². The number of hydrogen-bond acceptors (Lipinski definition) is 3. The lowest BCUT2D eigenvalue weighted by Crippen LogP contribution is -2.25. The van der Waals surface area contributed by atoms with Gasteiger partial charge >= 0.3 is 0 Å². The number of rotatable bonds is 6. The highest BCUT2D eigenvalue weighted by Crippen LogP contribution is 2.27. The van der Waals surface area contributed by atoms with Gasteiger partial charge in [-0.1, -0.05) is 42.5 Å². The number of para-hydroxylation sites is 1. The molecule has 164 valence electrons. The molecule has 2 heterocycles. The maximum Gasteiger partial charge on any atom is 0.251 e. The van der Waals surface area contributed by atoms with Crippen molar-refractivity contribution in [3.63, 3.8) is 0 Å². The van der Waals surface area contributed by atoms with Crippen LogP contribution in [0.2, 0.25) is 0 Å². The minimum Gasteiger partial charge on any atom is -0.352 e. The molecule has 0 aliphatic rings. The Morgan fingerprint density at radius 1 is 1.00 bits per heavy atom. The van der Waals surface area contributed by atoms with Gasteiger partial charge in [0.05, 0.1) is 23.1 Å². The number of fused-ring (bicyclic) bond motifs is 1. The molecule has 0 bridgehead atoms. The maximum absolute atomic E-state index is 12.7. The van der Waals surface area contributed by atoms with Crippen LogP contribution in [-0.2, 0) is 13.5 Å². The average Bonchev–Trinajstić information content (AvgIpc) is 3.46. The minimum atomic E-state index is -0.0864. The number of imidazole rings is 2. The highest BCUT2D eigenvalue weighted by molar-refractivity contribution is 5.95. The molecule has 0 radical (unpaired) electrons. The molecule has 0 unspecified atom stereocenters. The van der Waals surface area contributed by atoms with E-state index in [1.807, 2.05) is 66.3 Å². The number of nitrogens with one attached hydrogen (secondary N) is 2. The Balaban J connectivity index is 1.35. The number of carbonyl (C=O) groups is 1. The molecule has 5 aromatic rings. The van der Waals surface area contributed by atoms with E-state index in [0.717, 1.165) is 44.8 Å². The van der Waals surface area contributed by atoms with E-state index in [9.17, 15) is 4.79 Å². The first-order valence-electron chi connectivity index (χ1n) is 11.0. The quantitative estimate of drug-likeness (QED) is 0.398. The topological polar surface area (TPSA) is 75.6 Å². The molecule has 1 amide bonds. The molecular weight excluding hydrogens is 410 g/mol. The molecule has 0 saturated carbocycles. The van der Waals surface area contributed by atoms with Gasteiger partial charge in [0.25, 0.3) is 5.91 Å². The SMILES string of the molecule is Cc1cccc2[nH]c(-c3cccc(-c4cccc(C(=O)NCCc5cn(C)cn5)c4)c3)nc12. The van der Waals surface area contributed by atoms with Gasteiger partial charge in [0, 0.05) is 37.3 Å². The summed E-state index contributed by atoms with van der Waals surface area (Å²) in [6, 6.07) is 22.1. The fraction of sp³-hybridized carbons (Fsp3) is 0.148. The monoisotopic (exact) mass is 435 g/mol. The number of aromatic amines is 1.